The van der Waals surface area contributed by atoms with E-state index in [1.807, 2.05) is 0 Å². The summed E-state index contributed by atoms with van der Waals surface area (Å²) < 4.78 is 0. The van der Waals surface area contributed by atoms with Crippen molar-refractivity contribution in [2.45, 2.75) is 52.7 Å². The Morgan fingerprint density at radius 3 is 2.65 bits per heavy atom. The van der Waals surface area contributed by atoms with E-state index in [2.05, 4.69) is 81.2 Å². The third kappa shape index (κ3) is 6.31. The number of amides is 1. The maximum atomic E-state index is 12.2. The minimum absolute atomic E-state index is 0.0470. The fraction of sp³-hybridized carbons (Fsp3) is 0.519. The lowest BCUT2D eigenvalue weighted by Crippen LogP contribution is -2.53. The van der Waals surface area contributed by atoms with Gasteiger partial charge in [-0.15, -0.1) is 5.10 Å². The van der Waals surface area contributed by atoms with Crippen molar-refractivity contribution in [3.63, 3.8) is 0 Å². The standard InChI is InChI=1S/C27H37N7O3/c1-17-6-5-7-21(10-17)11-23-19(3)20(4)26(32-31-23)33-8-9-34(18(2)15-33)25-14-28-24(13-29-25)27(37)30-12-22(36)16-35/h5,7,10,13-14,17-18,22,35-36H,6,8-9,11-12,15-16H2,1-4H3,(H,30,37)/t17?,18-,22?/m1/s1. The van der Waals surface area contributed by atoms with Gasteiger partial charge in [0.15, 0.2) is 5.82 Å². The highest BCUT2D eigenvalue weighted by molar-refractivity contribution is 5.92. The zero-order chi connectivity index (χ0) is 26.5. The van der Waals surface area contributed by atoms with Crippen LogP contribution in [0.5, 0.6) is 0 Å². The molecule has 10 nitrogen and oxygen atoms in total. The summed E-state index contributed by atoms with van der Waals surface area (Å²) in [6.45, 7) is 10.4. The summed E-state index contributed by atoms with van der Waals surface area (Å²) in [6, 6.07) is 0.155. The highest BCUT2D eigenvalue weighted by Gasteiger charge is 2.28. The molecular weight excluding hydrogens is 470 g/mol. The molecule has 0 radical (unpaired) electrons. The average Bonchev–Trinajstić information content (AvgIpc) is 2.90. The zero-order valence-electron chi connectivity index (χ0n) is 22.1. The summed E-state index contributed by atoms with van der Waals surface area (Å²) in [5.41, 5.74) is 4.86. The molecule has 0 bridgehead atoms. The Morgan fingerprint density at radius 1 is 1.16 bits per heavy atom. The lowest BCUT2D eigenvalue weighted by atomic mass is 9.94. The molecule has 2 aromatic rings. The van der Waals surface area contributed by atoms with Crippen LogP contribution in [0.4, 0.5) is 11.6 Å². The summed E-state index contributed by atoms with van der Waals surface area (Å²) in [5, 5.41) is 30.1. The number of anilines is 2. The predicted octanol–water partition coefficient (Wildman–Crippen LogP) is 1.75. The fourth-order valence-corrected chi connectivity index (χ4v) is 4.79. The monoisotopic (exact) mass is 507 g/mol. The lowest BCUT2D eigenvalue weighted by molar-refractivity contribution is 0.0798. The number of aliphatic hydroxyl groups is 2. The lowest BCUT2D eigenvalue weighted by Gasteiger charge is -2.41. The van der Waals surface area contributed by atoms with Gasteiger partial charge >= 0.3 is 0 Å². The van der Waals surface area contributed by atoms with Gasteiger partial charge in [-0.3, -0.25) is 4.79 Å². The number of allylic oxidation sites excluding steroid dienone is 4. The SMILES string of the molecule is Cc1c(CC2=CC(C)CC=C2)nnc(N2CCN(c3cnc(C(=O)NCC(O)CO)cn3)[C@H](C)C2)c1C. The zero-order valence-corrected chi connectivity index (χ0v) is 22.1. The molecule has 1 saturated heterocycles. The Kier molecular flexibility index (Phi) is 8.50. The number of nitrogens with one attached hydrogen (secondary N) is 1. The number of rotatable bonds is 8. The molecule has 0 saturated carbocycles. The van der Waals surface area contributed by atoms with Crippen molar-refractivity contribution in [2.75, 3.05) is 42.6 Å². The first-order valence-electron chi connectivity index (χ1n) is 12.9. The van der Waals surface area contributed by atoms with Gasteiger partial charge in [0, 0.05) is 38.6 Å². The second-order valence-electron chi connectivity index (χ2n) is 10.0. The molecule has 2 aromatic heterocycles. The van der Waals surface area contributed by atoms with Gasteiger partial charge in [0.2, 0.25) is 0 Å². The second kappa shape index (κ2) is 11.8. The molecule has 10 heteroatoms. The Balaban J connectivity index is 1.39. The van der Waals surface area contributed by atoms with Crippen LogP contribution in [0.3, 0.4) is 0 Å². The molecule has 4 rings (SSSR count). The third-order valence-corrected chi connectivity index (χ3v) is 7.11. The van der Waals surface area contributed by atoms with E-state index in [-0.39, 0.29) is 18.3 Å². The number of aromatic nitrogens is 4. The first-order chi connectivity index (χ1) is 17.8. The largest absolute Gasteiger partial charge is 0.394 e. The van der Waals surface area contributed by atoms with Gasteiger partial charge in [0.25, 0.3) is 5.91 Å². The highest BCUT2D eigenvalue weighted by Crippen LogP contribution is 2.27. The molecule has 2 aliphatic rings. The molecule has 37 heavy (non-hydrogen) atoms. The highest BCUT2D eigenvalue weighted by atomic mass is 16.3. The molecule has 0 spiro atoms. The van der Waals surface area contributed by atoms with Gasteiger partial charge in [-0.25, -0.2) is 9.97 Å². The number of hydrogen-bond acceptors (Lipinski definition) is 9. The van der Waals surface area contributed by atoms with Crippen molar-refractivity contribution in [1.29, 1.82) is 0 Å². The number of hydrogen-bond donors (Lipinski definition) is 3. The number of aliphatic hydroxyl groups excluding tert-OH is 2. The summed E-state index contributed by atoms with van der Waals surface area (Å²) in [4.78, 5) is 25.3. The van der Waals surface area contributed by atoms with E-state index in [4.69, 9.17) is 5.11 Å². The van der Waals surface area contributed by atoms with Crippen molar-refractivity contribution in [2.24, 2.45) is 5.92 Å². The van der Waals surface area contributed by atoms with Crippen molar-refractivity contribution < 1.29 is 15.0 Å². The first-order valence-corrected chi connectivity index (χ1v) is 12.9. The van der Waals surface area contributed by atoms with E-state index in [0.29, 0.717) is 11.7 Å². The van der Waals surface area contributed by atoms with Crippen LogP contribution in [0.1, 0.15) is 47.6 Å². The predicted molar refractivity (Wildman–Crippen MR) is 143 cm³/mol. The van der Waals surface area contributed by atoms with Crippen molar-refractivity contribution in [3.8, 4) is 0 Å². The maximum absolute atomic E-state index is 12.2. The van der Waals surface area contributed by atoms with Crippen LogP contribution >= 0.6 is 0 Å². The second-order valence-corrected chi connectivity index (χ2v) is 10.0. The topological polar surface area (TPSA) is 128 Å². The third-order valence-electron chi connectivity index (χ3n) is 7.11. The van der Waals surface area contributed by atoms with Crippen LogP contribution in [0, 0.1) is 19.8 Å². The molecule has 1 amide bonds. The van der Waals surface area contributed by atoms with Crippen LogP contribution in [0.15, 0.2) is 36.2 Å². The van der Waals surface area contributed by atoms with Gasteiger partial charge in [0.1, 0.15) is 11.5 Å². The van der Waals surface area contributed by atoms with Crippen LogP contribution in [0.25, 0.3) is 0 Å². The van der Waals surface area contributed by atoms with E-state index in [1.54, 1.807) is 6.20 Å². The number of carbonyl (C=O) groups excluding carboxylic acids is 1. The molecule has 2 unspecified atom stereocenters. The van der Waals surface area contributed by atoms with Crippen LogP contribution < -0.4 is 15.1 Å². The van der Waals surface area contributed by atoms with E-state index >= 15 is 0 Å². The molecule has 1 aliphatic heterocycles. The molecule has 1 aliphatic carbocycles. The average molecular weight is 508 g/mol. The van der Waals surface area contributed by atoms with Crippen LogP contribution in [0.2, 0.25) is 0 Å². The molecule has 198 valence electrons. The molecule has 1 fully saturated rings. The first kappa shape index (κ1) is 26.7. The van der Waals surface area contributed by atoms with Gasteiger partial charge < -0.3 is 25.3 Å². The number of carbonyl (C=O) groups is 1. The van der Waals surface area contributed by atoms with E-state index in [1.165, 1.54) is 22.9 Å². The summed E-state index contributed by atoms with van der Waals surface area (Å²) in [6.07, 6.45) is 10.7. The number of nitrogens with zero attached hydrogens (tertiary/aromatic N) is 6. The Labute approximate surface area is 218 Å². The quantitative estimate of drug-likeness (QED) is 0.490. The van der Waals surface area contributed by atoms with Gasteiger partial charge in [-0.1, -0.05) is 25.2 Å². The normalized spacial score (nSPS) is 20.5. The van der Waals surface area contributed by atoms with Crippen LogP contribution in [-0.2, 0) is 6.42 Å². The van der Waals surface area contributed by atoms with E-state index < -0.39 is 18.6 Å². The van der Waals surface area contributed by atoms with E-state index in [0.717, 1.165) is 44.0 Å². The Hall–Kier alpha value is -3.37. The fourth-order valence-electron chi connectivity index (χ4n) is 4.79. The minimum Gasteiger partial charge on any atom is -0.394 e. The van der Waals surface area contributed by atoms with Crippen molar-refractivity contribution in [1.82, 2.24) is 25.5 Å². The summed E-state index contributed by atoms with van der Waals surface area (Å²) in [7, 11) is 0. The van der Waals surface area contributed by atoms with Gasteiger partial charge in [-0.05, 0) is 49.8 Å². The molecule has 0 aromatic carbocycles. The van der Waals surface area contributed by atoms with Crippen molar-refractivity contribution >= 4 is 17.5 Å². The van der Waals surface area contributed by atoms with Gasteiger partial charge in [-0.2, -0.15) is 5.10 Å². The van der Waals surface area contributed by atoms with Crippen molar-refractivity contribution in [3.05, 3.63) is 58.7 Å². The summed E-state index contributed by atoms with van der Waals surface area (Å²) in [5.74, 6) is 1.76. The van der Waals surface area contributed by atoms with Crippen LogP contribution in [-0.4, -0.2) is 81.2 Å². The van der Waals surface area contributed by atoms with Gasteiger partial charge in [0.05, 0.1) is 30.8 Å². The Morgan fingerprint density at radius 2 is 1.97 bits per heavy atom. The summed E-state index contributed by atoms with van der Waals surface area (Å²) >= 11 is 0. The Bertz CT molecular complexity index is 1170. The molecule has 3 N–H and O–H groups in total. The maximum Gasteiger partial charge on any atom is 0.271 e. The molecular formula is C27H37N7O3. The van der Waals surface area contributed by atoms with E-state index in [9.17, 15) is 9.90 Å². The minimum atomic E-state index is -1.00. The molecule has 3 heterocycles. The molecule has 3 atom stereocenters. The smallest absolute Gasteiger partial charge is 0.271 e. The number of piperazine rings is 1.